The number of anilines is 2. The van der Waals surface area contributed by atoms with Gasteiger partial charge in [0.05, 0.1) is 18.9 Å². The van der Waals surface area contributed by atoms with E-state index in [4.69, 9.17) is 15.2 Å². The fraction of sp³-hybridized carbons (Fsp3) is 0.409. The monoisotopic (exact) mass is 476 g/mol. The fourth-order valence-corrected chi connectivity index (χ4v) is 4.57. The summed E-state index contributed by atoms with van der Waals surface area (Å²) in [5, 5.41) is 6.84. The number of aromatic nitrogens is 3. The predicted octanol–water partition coefficient (Wildman–Crippen LogP) is 3.76. The Kier molecular flexibility index (Phi) is 6.71. The number of hydrogen-bond acceptors (Lipinski definition) is 9. The smallest absolute Gasteiger partial charge is 0.318 e. The van der Waals surface area contributed by atoms with Gasteiger partial charge in [0, 0.05) is 29.1 Å². The number of pyridine rings is 1. The number of rotatable bonds is 3. The summed E-state index contributed by atoms with van der Waals surface area (Å²) in [6, 6.07) is 1.40. The molecule has 11 heteroatoms. The molecule has 1 aliphatic rings. The number of ether oxygens (including phenoxy) is 2. The molecule has 0 fully saturated rings. The van der Waals surface area contributed by atoms with Gasteiger partial charge in [-0.25, -0.2) is 13.8 Å². The molecule has 0 saturated carbocycles. The van der Waals surface area contributed by atoms with Crippen LogP contribution in [0.4, 0.5) is 20.3 Å². The lowest BCUT2D eigenvalue weighted by Crippen LogP contribution is -2.26. The maximum absolute atomic E-state index is 16.0. The molecule has 0 unspecified atom stereocenters. The lowest BCUT2D eigenvalue weighted by atomic mass is 10.0. The lowest BCUT2D eigenvalue weighted by Gasteiger charge is -2.19. The van der Waals surface area contributed by atoms with Crippen LogP contribution in [-0.4, -0.2) is 54.1 Å². The summed E-state index contributed by atoms with van der Waals surface area (Å²) in [7, 11) is 1.41. The molecule has 2 aromatic heterocycles. The van der Waals surface area contributed by atoms with E-state index in [1.807, 2.05) is 6.92 Å². The first-order valence-corrected chi connectivity index (χ1v) is 11.8. The van der Waals surface area contributed by atoms with E-state index in [9.17, 15) is 4.39 Å². The van der Waals surface area contributed by atoms with Crippen LogP contribution in [0.2, 0.25) is 0 Å². The van der Waals surface area contributed by atoms with Crippen LogP contribution in [0.1, 0.15) is 18.9 Å². The van der Waals surface area contributed by atoms with Gasteiger partial charge in [-0.05, 0) is 39.1 Å². The summed E-state index contributed by atoms with van der Waals surface area (Å²) < 4.78 is 41.9. The summed E-state index contributed by atoms with van der Waals surface area (Å²) in [5.41, 5.74) is 6.47. The van der Waals surface area contributed by atoms with E-state index in [-0.39, 0.29) is 34.9 Å². The number of nitrogens with zero attached hydrogens (tertiary/aromatic N) is 3. The average Bonchev–Trinajstić information content (AvgIpc) is 2.83. The Balaban J connectivity index is 2.06. The van der Waals surface area contributed by atoms with Gasteiger partial charge in [-0.1, -0.05) is 0 Å². The van der Waals surface area contributed by atoms with Crippen molar-refractivity contribution in [1.29, 1.82) is 0 Å². The van der Waals surface area contributed by atoms with Crippen molar-refractivity contribution in [3.8, 4) is 23.1 Å². The first kappa shape index (κ1) is 23.2. The molecular weight excluding hydrogens is 450 g/mol. The van der Waals surface area contributed by atoms with Gasteiger partial charge >= 0.3 is 6.01 Å². The van der Waals surface area contributed by atoms with E-state index in [1.165, 1.54) is 24.9 Å². The Morgan fingerprint density at radius 1 is 1.18 bits per heavy atom. The highest BCUT2D eigenvalue weighted by atomic mass is 32.2. The van der Waals surface area contributed by atoms with E-state index >= 15 is 4.39 Å². The van der Waals surface area contributed by atoms with Crippen LogP contribution in [0.5, 0.6) is 11.9 Å². The molecule has 4 rings (SSSR count). The van der Waals surface area contributed by atoms with E-state index in [0.29, 0.717) is 40.3 Å². The Labute approximate surface area is 194 Å². The van der Waals surface area contributed by atoms with E-state index in [2.05, 4.69) is 25.6 Å². The van der Waals surface area contributed by atoms with E-state index in [0.717, 1.165) is 13.0 Å². The van der Waals surface area contributed by atoms with Crippen LogP contribution in [0.25, 0.3) is 22.2 Å². The zero-order valence-electron chi connectivity index (χ0n) is 18.9. The SMILES string of the molecule is COc1nc2c3c(nc(-c4cc(N)c(F)c(C)c4SC)c(F)c3n1)O[C@@H](C)CCNCCN2. The second-order valence-electron chi connectivity index (χ2n) is 7.74. The molecule has 0 radical (unpaired) electrons. The van der Waals surface area contributed by atoms with Crippen molar-refractivity contribution in [2.75, 3.05) is 44.1 Å². The van der Waals surface area contributed by atoms with Crippen LogP contribution in [0.15, 0.2) is 11.0 Å². The standard InChI is InChI=1S/C22H26F2N6O2S/c1-10-5-6-26-7-8-27-20-14-18(29-22(30-20)31-3)16(24)17(28-21(14)32-10)12-9-13(25)15(23)11(2)19(12)33-4/h9-10,26H,5-8,25H2,1-4H3,(H,27,29,30)/t10-/m0/s1. The molecule has 33 heavy (non-hydrogen) atoms. The van der Waals surface area contributed by atoms with Gasteiger partial charge in [0.15, 0.2) is 5.82 Å². The molecule has 1 atom stereocenters. The molecule has 3 aromatic rings. The molecule has 176 valence electrons. The number of hydrogen-bond donors (Lipinski definition) is 3. The van der Waals surface area contributed by atoms with Crippen LogP contribution >= 0.6 is 11.8 Å². The van der Waals surface area contributed by atoms with Crippen molar-refractivity contribution in [2.24, 2.45) is 0 Å². The number of methoxy groups -OCH3 is 1. The van der Waals surface area contributed by atoms with Gasteiger partial charge in [0.1, 0.15) is 28.2 Å². The first-order chi connectivity index (χ1) is 15.8. The Morgan fingerprint density at radius 2 is 1.97 bits per heavy atom. The zero-order chi connectivity index (χ0) is 23.7. The maximum atomic E-state index is 16.0. The molecule has 0 aliphatic carbocycles. The number of nitrogens with one attached hydrogen (secondary N) is 2. The van der Waals surface area contributed by atoms with Gasteiger partial charge < -0.3 is 25.8 Å². The van der Waals surface area contributed by atoms with Crippen molar-refractivity contribution in [3.05, 3.63) is 23.3 Å². The predicted molar refractivity (Wildman–Crippen MR) is 126 cm³/mol. The molecule has 1 aliphatic heterocycles. The van der Waals surface area contributed by atoms with Gasteiger partial charge in [0.2, 0.25) is 5.88 Å². The summed E-state index contributed by atoms with van der Waals surface area (Å²) >= 11 is 1.29. The van der Waals surface area contributed by atoms with Crippen molar-refractivity contribution >= 4 is 34.2 Å². The highest BCUT2D eigenvalue weighted by Gasteiger charge is 2.26. The number of halogens is 2. The Bertz CT molecular complexity index is 1210. The van der Waals surface area contributed by atoms with Gasteiger partial charge in [-0.15, -0.1) is 11.8 Å². The summed E-state index contributed by atoms with van der Waals surface area (Å²) in [6.07, 6.45) is 2.30. The third kappa shape index (κ3) is 4.34. The fourth-order valence-electron chi connectivity index (χ4n) is 3.79. The van der Waals surface area contributed by atoms with Crippen LogP contribution in [-0.2, 0) is 0 Å². The molecular formula is C22H26F2N6O2S. The molecule has 3 heterocycles. The molecule has 4 N–H and O–H groups in total. The van der Waals surface area contributed by atoms with E-state index < -0.39 is 11.6 Å². The summed E-state index contributed by atoms with van der Waals surface area (Å²) in [6.45, 7) is 5.51. The van der Waals surface area contributed by atoms with Crippen molar-refractivity contribution in [3.63, 3.8) is 0 Å². The minimum absolute atomic E-state index is 0.00256. The lowest BCUT2D eigenvalue weighted by molar-refractivity contribution is 0.205. The average molecular weight is 477 g/mol. The molecule has 1 aromatic carbocycles. The highest BCUT2D eigenvalue weighted by molar-refractivity contribution is 7.98. The highest BCUT2D eigenvalue weighted by Crippen LogP contribution is 2.42. The van der Waals surface area contributed by atoms with Crippen molar-refractivity contribution in [1.82, 2.24) is 20.3 Å². The van der Waals surface area contributed by atoms with Gasteiger partial charge in [0.25, 0.3) is 0 Å². The second kappa shape index (κ2) is 9.52. The topological polar surface area (TPSA) is 107 Å². The quantitative estimate of drug-likeness (QED) is 0.385. The van der Waals surface area contributed by atoms with Crippen LogP contribution < -0.4 is 25.8 Å². The van der Waals surface area contributed by atoms with E-state index in [1.54, 1.807) is 13.2 Å². The third-order valence-electron chi connectivity index (χ3n) is 5.48. The summed E-state index contributed by atoms with van der Waals surface area (Å²) in [4.78, 5) is 13.7. The minimum Gasteiger partial charge on any atom is -0.474 e. The molecule has 0 saturated heterocycles. The largest absolute Gasteiger partial charge is 0.474 e. The third-order valence-corrected chi connectivity index (χ3v) is 6.41. The zero-order valence-corrected chi connectivity index (χ0v) is 19.7. The second-order valence-corrected chi connectivity index (χ2v) is 8.56. The molecule has 0 spiro atoms. The van der Waals surface area contributed by atoms with Crippen molar-refractivity contribution < 1.29 is 18.3 Å². The Morgan fingerprint density at radius 3 is 2.70 bits per heavy atom. The summed E-state index contributed by atoms with van der Waals surface area (Å²) in [5.74, 6) is -0.674. The van der Waals surface area contributed by atoms with Gasteiger partial charge in [-0.3, -0.25) is 0 Å². The molecule has 0 amide bonds. The normalized spacial score (nSPS) is 16.6. The van der Waals surface area contributed by atoms with Crippen molar-refractivity contribution in [2.45, 2.75) is 31.3 Å². The Hall–Kier alpha value is -2.92. The number of nitrogen functional groups attached to an aromatic ring is 1. The van der Waals surface area contributed by atoms with Crippen LogP contribution in [0, 0.1) is 18.6 Å². The first-order valence-electron chi connectivity index (χ1n) is 10.5. The maximum Gasteiger partial charge on any atom is 0.318 e. The van der Waals surface area contributed by atoms with Crippen LogP contribution in [0.3, 0.4) is 0 Å². The number of benzene rings is 1. The molecule has 0 bridgehead atoms. The minimum atomic E-state index is -0.692. The molecule has 8 nitrogen and oxygen atoms in total. The van der Waals surface area contributed by atoms with Gasteiger partial charge in [-0.2, -0.15) is 9.97 Å². The number of thioether (sulfide) groups is 1. The number of nitrogens with two attached hydrogens (primary N) is 1.